The SMILES string of the molecule is CC1CCN1c1nc2c(c(-c3ccc(-c4ccn[nH]4)cc3)n1)CCC2. The molecule has 1 saturated heterocycles. The quantitative estimate of drug-likeness (QED) is 0.796. The second-order valence-corrected chi connectivity index (χ2v) is 7.03. The van der Waals surface area contributed by atoms with Gasteiger partial charge in [0.15, 0.2) is 0 Å². The summed E-state index contributed by atoms with van der Waals surface area (Å²) in [7, 11) is 0. The summed E-state index contributed by atoms with van der Waals surface area (Å²) in [6, 6.07) is 11.1. The van der Waals surface area contributed by atoms with Crippen LogP contribution in [0.1, 0.15) is 31.0 Å². The average Bonchev–Trinajstić information content (AvgIpc) is 3.31. The lowest BCUT2D eigenvalue weighted by atomic mass is 10.0. The summed E-state index contributed by atoms with van der Waals surface area (Å²) >= 11 is 0. The summed E-state index contributed by atoms with van der Waals surface area (Å²) in [4.78, 5) is 12.2. The topological polar surface area (TPSA) is 57.7 Å². The number of aromatic amines is 1. The van der Waals surface area contributed by atoms with E-state index in [2.05, 4.69) is 46.3 Å². The highest BCUT2D eigenvalue weighted by Crippen LogP contribution is 2.34. The molecule has 126 valence electrons. The first-order valence-corrected chi connectivity index (χ1v) is 9.06. The number of rotatable bonds is 3. The van der Waals surface area contributed by atoms with Crippen molar-refractivity contribution in [1.29, 1.82) is 0 Å². The number of H-pyrrole nitrogens is 1. The first kappa shape index (κ1) is 14.6. The normalized spacial score (nSPS) is 18.9. The molecule has 1 unspecified atom stereocenters. The third-order valence-electron chi connectivity index (χ3n) is 5.47. The molecule has 5 rings (SSSR count). The molecule has 1 atom stereocenters. The number of fused-ring (bicyclic) bond motifs is 1. The fourth-order valence-electron chi connectivity index (χ4n) is 3.82. The van der Waals surface area contributed by atoms with Crippen LogP contribution in [0.25, 0.3) is 22.5 Å². The van der Waals surface area contributed by atoms with Crippen LogP contribution in [0.15, 0.2) is 36.5 Å². The molecule has 0 spiro atoms. The van der Waals surface area contributed by atoms with Gasteiger partial charge in [0.25, 0.3) is 0 Å². The third-order valence-corrected chi connectivity index (χ3v) is 5.47. The lowest BCUT2D eigenvalue weighted by Gasteiger charge is -2.39. The Balaban J connectivity index is 1.56. The highest BCUT2D eigenvalue weighted by molar-refractivity contribution is 5.70. The van der Waals surface area contributed by atoms with Crippen molar-refractivity contribution < 1.29 is 0 Å². The summed E-state index contributed by atoms with van der Waals surface area (Å²) in [6.07, 6.45) is 6.35. The zero-order chi connectivity index (χ0) is 16.8. The van der Waals surface area contributed by atoms with E-state index in [0.29, 0.717) is 6.04 Å². The number of aryl methyl sites for hydroxylation is 1. The number of hydrogen-bond acceptors (Lipinski definition) is 4. The van der Waals surface area contributed by atoms with Crippen LogP contribution in [0.4, 0.5) is 5.95 Å². The molecule has 3 heterocycles. The maximum absolute atomic E-state index is 4.97. The Labute approximate surface area is 147 Å². The molecule has 2 aromatic heterocycles. The predicted molar refractivity (Wildman–Crippen MR) is 98.5 cm³/mol. The van der Waals surface area contributed by atoms with Crippen LogP contribution in [0, 0.1) is 0 Å². The van der Waals surface area contributed by atoms with Crippen molar-refractivity contribution in [1.82, 2.24) is 20.2 Å². The minimum absolute atomic E-state index is 0.551. The minimum Gasteiger partial charge on any atom is -0.338 e. The van der Waals surface area contributed by atoms with Crippen molar-refractivity contribution in [3.8, 4) is 22.5 Å². The molecular weight excluding hydrogens is 310 g/mol. The molecule has 0 amide bonds. The average molecular weight is 331 g/mol. The van der Waals surface area contributed by atoms with Crippen LogP contribution in [-0.4, -0.2) is 32.8 Å². The Morgan fingerprint density at radius 3 is 2.56 bits per heavy atom. The van der Waals surface area contributed by atoms with Crippen molar-refractivity contribution >= 4 is 5.95 Å². The van der Waals surface area contributed by atoms with Gasteiger partial charge in [0.1, 0.15) is 0 Å². The van der Waals surface area contributed by atoms with Crippen LogP contribution in [0.5, 0.6) is 0 Å². The first-order chi connectivity index (χ1) is 12.3. The molecule has 1 aliphatic heterocycles. The molecule has 1 N–H and O–H groups in total. The molecule has 1 aromatic carbocycles. The van der Waals surface area contributed by atoms with Gasteiger partial charge in [0.2, 0.25) is 5.95 Å². The molecule has 0 radical (unpaired) electrons. The number of hydrogen-bond donors (Lipinski definition) is 1. The number of aromatic nitrogens is 4. The molecule has 5 nitrogen and oxygen atoms in total. The second kappa shape index (κ2) is 5.69. The van der Waals surface area contributed by atoms with E-state index in [9.17, 15) is 0 Å². The number of anilines is 1. The maximum atomic E-state index is 4.97. The molecule has 5 heteroatoms. The maximum Gasteiger partial charge on any atom is 0.226 e. The van der Waals surface area contributed by atoms with Gasteiger partial charge in [0.05, 0.1) is 11.4 Å². The summed E-state index contributed by atoms with van der Waals surface area (Å²) in [6.45, 7) is 3.32. The molecular formula is C20H21N5. The summed E-state index contributed by atoms with van der Waals surface area (Å²) in [5, 5.41) is 7.05. The van der Waals surface area contributed by atoms with E-state index in [1.165, 1.54) is 29.7 Å². The lowest BCUT2D eigenvalue weighted by Crippen LogP contribution is -2.46. The van der Waals surface area contributed by atoms with Gasteiger partial charge in [-0.25, -0.2) is 9.97 Å². The Kier molecular flexibility index (Phi) is 3.33. The van der Waals surface area contributed by atoms with Crippen LogP contribution in [0.2, 0.25) is 0 Å². The van der Waals surface area contributed by atoms with Gasteiger partial charge in [-0.15, -0.1) is 0 Å². The summed E-state index contributed by atoms with van der Waals surface area (Å²) < 4.78 is 0. The smallest absolute Gasteiger partial charge is 0.226 e. The van der Waals surface area contributed by atoms with Gasteiger partial charge in [-0.3, -0.25) is 5.10 Å². The van der Waals surface area contributed by atoms with Gasteiger partial charge in [0, 0.05) is 35.6 Å². The highest BCUT2D eigenvalue weighted by atomic mass is 15.3. The van der Waals surface area contributed by atoms with Gasteiger partial charge in [-0.05, 0) is 44.2 Å². The Hall–Kier alpha value is -2.69. The molecule has 2 aliphatic rings. The summed E-state index contributed by atoms with van der Waals surface area (Å²) in [5.41, 5.74) is 7.06. The molecule has 25 heavy (non-hydrogen) atoms. The van der Waals surface area contributed by atoms with E-state index < -0.39 is 0 Å². The van der Waals surface area contributed by atoms with Gasteiger partial charge in [-0.2, -0.15) is 5.10 Å². The molecule has 0 bridgehead atoms. The van der Waals surface area contributed by atoms with Gasteiger partial charge >= 0.3 is 0 Å². The van der Waals surface area contributed by atoms with Crippen molar-refractivity contribution in [2.75, 3.05) is 11.4 Å². The molecule has 1 aliphatic carbocycles. The largest absolute Gasteiger partial charge is 0.338 e. The monoisotopic (exact) mass is 331 g/mol. The van der Waals surface area contributed by atoms with E-state index in [-0.39, 0.29) is 0 Å². The van der Waals surface area contributed by atoms with Crippen LogP contribution in [-0.2, 0) is 12.8 Å². The van der Waals surface area contributed by atoms with Crippen molar-refractivity contribution in [2.24, 2.45) is 0 Å². The van der Waals surface area contributed by atoms with Crippen LogP contribution in [0.3, 0.4) is 0 Å². The Morgan fingerprint density at radius 1 is 1.04 bits per heavy atom. The summed E-state index contributed by atoms with van der Waals surface area (Å²) in [5.74, 6) is 0.909. The van der Waals surface area contributed by atoms with E-state index in [0.717, 1.165) is 42.3 Å². The number of benzene rings is 1. The van der Waals surface area contributed by atoms with Crippen molar-refractivity contribution in [3.63, 3.8) is 0 Å². The van der Waals surface area contributed by atoms with Crippen molar-refractivity contribution in [3.05, 3.63) is 47.8 Å². The Bertz CT molecular complexity index is 899. The fourth-order valence-corrected chi connectivity index (χ4v) is 3.82. The minimum atomic E-state index is 0.551. The third kappa shape index (κ3) is 2.42. The van der Waals surface area contributed by atoms with E-state index in [1.807, 2.05) is 6.07 Å². The van der Waals surface area contributed by atoms with Crippen molar-refractivity contribution in [2.45, 2.75) is 38.6 Å². The molecule has 1 fully saturated rings. The van der Waals surface area contributed by atoms with Crippen LogP contribution >= 0.6 is 0 Å². The Morgan fingerprint density at radius 2 is 1.88 bits per heavy atom. The number of nitrogens with zero attached hydrogens (tertiary/aromatic N) is 4. The highest BCUT2D eigenvalue weighted by Gasteiger charge is 2.29. The fraction of sp³-hybridized carbons (Fsp3) is 0.350. The molecule has 3 aromatic rings. The lowest BCUT2D eigenvalue weighted by molar-refractivity contribution is 0.470. The van der Waals surface area contributed by atoms with Crippen LogP contribution < -0.4 is 4.90 Å². The van der Waals surface area contributed by atoms with E-state index in [1.54, 1.807) is 6.20 Å². The second-order valence-electron chi connectivity index (χ2n) is 7.03. The van der Waals surface area contributed by atoms with E-state index >= 15 is 0 Å². The molecule has 0 saturated carbocycles. The van der Waals surface area contributed by atoms with Gasteiger partial charge < -0.3 is 4.90 Å². The van der Waals surface area contributed by atoms with E-state index in [4.69, 9.17) is 9.97 Å². The zero-order valence-electron chi connectivity index (χ0n) is 14.4. The van der Waals surface area contributed by atoms with Gasteiger partial charge in [-0.1, -0.05) is 24.3 Å². The standard InChI is InChI=1S/C20H21N5/c1-13-10-12-25(13)20-22-18-4-2-3-16(18)19(23-20)15-7-5-14(6-8-15)17-9-11-21-24-17/h5-9,11,13H,2-4,10,12H2,1H3,(H,21,24). The predicted octanol–water partition coefficient (Wildman–Crippen LogP) is 3.62. The number of nitrogens with one attached hydrogen (secondary N) is 1. The first-order valence-electron chi connectivity index (χ1n) is 9.06. The zero-order valence-corrected chi connectivity index (χ0v) is 14.4.